The summed E-state index contributed by atoms with van der Waals surface area (Å²) in [5.74, 6) is 5.90. The van der Waals surface area contributed by atoms with Crippen molar-refractivity contribution in [2.45, 2.75) is 24.4 Å². The number of hydrogen-bond acceptors (Lipinski definition) is 6. The number of allylic oxidation sites excluding steroid dienone is 1. The van der Waals surface area contributed by atoms with E-state index in [0.29, 0.717) is 12.1 Å². The normalized spacial score (nSPS) is 21.0. The molecule has 0 saturated heterocycles. The summed E-state index contributed by atoms with van der Waals surface area (Å²) in [6, 6.07) is 9.43. The van der Waals surface area contributed by atoms with Crippen molar-refractivity contribution in [3.8, 4) is 0 Å². The van der Waals surface area contributed by atoms with Crippen LogP contribution in [-0.2, 0) is 6.42 Å². The van der Waals surface area contributed by atoms with Gasteiger partial charge in [-0.15, -0.1) is 5.12 Å². The summed E-state index contributed by atoms with van der Waals surface area (Å²) in [5, 5.41) is 23.7. The van der Waals surface area contributed by atoms with E-state index in [2.05, 4.69) is 15.9 Å². The summed E-state index contributed by atoms with van der Waals surface area (Å²) in [6.07, 6.45) is -0.285. The number of aliphatic hydroxyl groups is 1. The molecular formula is C13H17BrN4O3. The van der Waals surface area contributed by atoms with Crippen LogP contribution in [0.25, 0.3) is 0 Å². The quantitative estimate of drug-likeness (QED) is 0.271. The van der Waals surface area contributed by atoms with Gasteiger partial charge in [-0.05, 0) is 12.5 Å². The van der Waals surface area contributed by atoms with Crippen molar-refractivity contribution in [1.82, 2.24) is 10.1 Å². The summed E-state index contributed by atoms with van der Waals surface area (Å²) in [4.78, 5) is 10.2. The van der Waals surface area contributed by atoms with E-state index in [1.54, 1.807) is 11.9 Å². The van der Waals surface area contributed by atoms with Crippen LogP contribution in [0.3, 0.4) is 0 Å². The van der Waals surface area contributed by atoms with E-state index in [4.69, 9.17) is 5.84 Å². The van der Waals surface area contributed by atoms with Crippen LogP contribution in [0.2, 0.25) is 0 Å². The van der Waals surface area contributed by atoms with E-state index in [9.17, 15) is 15.2 Å². The fraction of sp³-hybridized carbons (Fsp3) is 0.385. The SMILES string of the molecule is CC(O)CN1C(Cc2ccccc2)=C([N+](=O)[O-])C(Br)N1N. The van der Waals surface area contributed by atoms with Gasteiger partial charge in [0.25, 0.3) is 5.70 Å². The van der Waals surface area contributed by atoms with Gasteiger partial charge in [0.1, 0.15) is 5.70 Å². The van der Waals surface area contributed by atoms with Crippen molar-refractivity contribution < 1.29 is 10.0 Å². The molecule has 0 spiro atoms. The largest absolute Gasteiger partial charge is 0.392 e. The maximum atomic E-state index is 11.3. The fourth-order valence-electron chi connectivity index (χ4n) is 2.27. The molecule has 21 heavy (non-hydrogen) atoms. The van der Waals surface area contributed by atoms with Crippen molar-refractivity contribution in [2.24, 2.45) is 5.84 Å². The number of β-amino-alcohol motifs (C(OH)–C–C–N with tert-alkyl or cyclic N) is 1. The molecule has 2 unspecified atom stereocenters. The number of hydrazine groups is 2. The van der Waals surface area contributed by atoms with Crippen molar-refractivity contribution >= 4 is 15.9 Å². The Morgan fingerprint density at radius 1 is 1.48 bits per heavy atom. The number of rotatable bonds is 5. The average molecular weight is 357 g/mol. The summed E-state index contributed by atoms with van der Waals surface area (Å²) in [6.45, 7) is 1.81. The molecule has 0 saturated carbocycles. The van der Waals surface area contributed by atoms with Gasteiger partial charge in [-0.1, -0.05) is 46.3 Å². The Hall–Kier alpha value is -1.48. The maximum absolute atomic E-state index is 11.3. The van der Waals surface area contributed by atoms with Gasteiger partial charge in [0.2, 0.25) is 0 Å². The first-order valence-corrected chi connectivity index (χ1v) is 7.38. The topological polar surface area (TPSA) is 95.9 Å². The standard InChI is InChI=1S/C13H17BrN4O3/c1-9(19)8-16-11(7-10-5-3-2-4-6-10)12(18(20)21)13(14)17(16)15/h2-6,9,13,19H,7-8,15H2,1H3. The third-order valence-corrected chi connectivity index (χ3v) is 4.05. The lowest BCUT2D eigenvalue weighted by molar-refractivity contribution is -0.428. The molecule has 1 aromatic rings. The number of halogens is 1. The highest BCUT2D eigenvalue weighted by Crippen LogP contribution is 2.33. The number of nitro groups is 1. The molecule has 3 N–H and O–H groups in total. The van der Waals surface area contributed by atoms with Crippen LogP contribution in [0.15, 0.2) is 41.7 Å². The van der Waals surface area contributed by atoms with E-state index < -0.39 is 16.0 Å². The first kappa shape index (κ1) is 15.9. The van der Waals surface area contributed by atoms with Crippen LogP contribution < -0.4 is 5.84 Å². The van der Waals surface area contributed by atoms with Crippen LogP contribution in [0.4, 0.5) is 0 Å². The molecule has 2 rings (SSSR count). The van der Waals surface area contributed by atoms with Gasteiger partial charge in [-0.3, -0.25) is 15.1 Å². The summed E-state index contributed by atoms with van der Waals surface area (Å²) in [7, 11) is 0. The first-order chi connectivity index (χ1) is 9.91. The third kappa shape index (κ3) is 3.41. The number of benzene rings is 1. The summed E-state index contributed by atoms with van der Waals surface area (Å²) >= 11 is 3.23. The predicted molar refractivity (Wildman–Crippen MR) is 81.3 cm³/mol. The number of alkyl halides is 1. The Morgan fingerprint density at radius 3 is 2.62 bits per heavy atom. The molecular weight excluding hydrogens is 340 g/mol. The molecule has 8 heteroatoms. The van der Waals surface area contributed by atoms with Crippen molar-refractivity contribution in [1.29, 1.82) is 0 Å². The summed E-state index contributed by atoms with van der Waals surface area (Å²) in [5.41, 5.74) is 1.43. The Bertz CT molecular complexity index is 550. The number of nitrogens with zero attached hydrogens (tertiary/aromatic N) is 3. The molecule has 0 radical (unpaired) electrons. The molecule has 1 aromatic carbocycles. The van der Waals surface area contributed by atoms with Crippen LogP contribution in [0, 0.1) is 10.1 Å². The Kier molecular flexibility index (Phi) is 4.94. The van der Waals surface area contributed by atoms with Crippen LogP contribution in [0.1, 0.15) is 12.5 Å². The molecule has 7 nitrogen and oxygen atoms in total. The zero-order valence-electron chi connectivity index (χ0n) is 11.5. The number of nitrogens with two attached hydrogens (primary N) is 1. The highest BCUT2D eigenvalue weighted by atomic mass is 79.9. The van der Waals surface area contributed by atoms with E-state index >= 15 is 0 Å². The lowest BCUT2D eigenvalue weighted by Gasteiger charge is -2.29. The van der Waals surface area contributed by atoms with Gasteiger partial charge in [0.15, 0.2) is 4.95 Å². The Labute approximate surface area is 130 Å². The molecule has 0 aromatic heterocycles. The van der Waals surface area contributed by atoms with Gasteiger partial charge >= 0.3 is 0 Å². The summed E-state index contributed by atoms with van der Waals surface area (Å²) < 4.78 is 0. The van der Waals surface area contributed by atoms with Crippen LogP contribution >= 0.6 is 15.9 Å². The van der Waals surface area contributed by atoms with E-state index in [-0.39, 0.29) is 12.2 Å². The molecule has 1 heterocycles. The van der Waals surface area contributed by atoms with Gasteiger partial charge in [0.05, 0.1) is 17.6 Å². The van der Waals surface area contributed by atoms with Crippen molar-refractivity contribution in [3.63, 3.8) is 0 Å². The second-order valence-corrected chi connectivity index (χ2v) is 5.77. The Morgan fingerprint density at radius 2 is 2.10 bits per heavy atom. The van der Waals surface area contributed by atoms with Gasteiger partial charge in [-0.25, -0.2) is 5.84 Å². The van der Waals surface area contributed by atoms with Crippen molar-refractivity contribution in [3.05, 3.63) is 57.4 Å². The molecule has 0 aliphatic carbocycles. The fourth-order valence-corrected chi connectivity index (χ4v) is 2.93. The highest BCUT2D eigenvalue weighted by molar-refractivity contribution is 9.09. The zero-order chi connectivity index (χ0) is 15.6. The monoisotopic (exact) mass is 356 g/mol. The minimum Gasteiger partial charge on any atom is -0.392 e. The maximum Gasteiger partial charge on any atom is 0.298 e. The lowest BCUT2D eigenvalue weighted by atomic mass is 10.1. The van der Waals surface area contributed by atoms with E-state index in [1.807, 2.05) is 30.3 Å². The van der Waals surface area contributed by atoms with E-state index in [0.717, 1.165) is 5.56 Å². The second-order valence-electron chi connectivity index (χ2n) is 4.90. The van der Waals surface area contributed by atoms with Gasteiger partial charge in [0, 0.05) is 6.42 Å². The smallest absolute Gasteiger partial charge is 0.298 e. The van der Waals surface area contributed by atoms with Crippen LogP contribution in [-0.4, -0.2) is 37.8 Å². The molecule has 2 atom stereocenters. The Balaban J connectivity index is 2.38. The zero-order valence-corrected chi connectivity index (χ0v) is 13.1. The minimum absolute atomic E-state index is 0.00185. The number of hydrogen-bond donors (Lipinski definition) is 2. The average Bonchev–Trinajstić information content (AvgIpc) is 2.64. The third-order valence-electron chi connectivity index (χ3n) is 3.19. The minimum atomic E-state index is -0.718. The molecule has 0 fully saturated rings. The molecule has 0 bridgehead atoms. The predicted octanol–water partition coefficient (Wildman–Crippen LogP) is 1.23. The molecule has 1 aliphatic rings. The van der Waals surface area contributed by atoms with Gasteiger partial charge < -0.3 is 5.11 Å². The highest BCUT2D eigenvalue weighted by Gasteiger charge is 2.43. The van der Waals surface area contributed by atoms with Crippen molar-refractivity contribution in [2.75, 3.05) is 6.54 Å². The lowest BCUT2D eigenvalue weighted by Crippen LogP contribution is -2.48. The molecule has 114 valence electrons. The first-order valence-electron chi connectivity index (χ1n) is 6.46. The van der Waals surface area contributed by atoms with E-state index in [1.165, 1.54) is 5.12 Å². The second kappa shape index (κ2) is 6.52. The van der Waals surface area contributed by atoms with Gasteiger partial charge in [-0.2, -0.15) is 0 Å². The molecule has 0 amide bonds. The number of aliphatic hydroxyl groups excluding tert-OH is 1. The van der Waals surface area contributed by atoms with Crippen LogP contribution in [0.5, 0.6) is 0 Å². The molecule has 1 aliphatic heterocycles.